The van der Waals surface area contributed by atoms with Gasteiger partial charge in [-0.25, -0.2) is 8.42 Å². The van der Waals surface area contributed by atoms with Crippen LogP contribution in [0.25, 0.3) is 0 Å². The van der Waals surface area contributed by atoms with Crippen molar-refractivity contribution in [3.05, 3.63) is 17.7 Å². The minimum Gasteiger partial charge on any atom is -0.493 e. The number of ether oxygens (including phenoxy) is 3. The van der Waals surface area contributed by atoms with Crippen LogP contribution in [-0.2, 0) is 16.3 Å². The van der Waals surface area contributed by atoms with Gasteiger partial charge in [-0.1, -0.05) is 19.3 Å². The Morgan fingerprint density at radius 2 is 1.41 bits per heavy atom. The number of methoxy groups -OCH3 is 3. The Morgan fingerprint density at radius 3 is 1.86 bits per heavy atom. The fourth-order valence-corrected chi connectivity index (χ4v) is 5.58. The van der Waals surface area contributed by atoms with Gasteiger partial charge in [0.1, 0.15) is 0 Å². The number of aryl methyl sites for hydroxylation is 1. The molecule has 5 nitrogen and oxygen atoms in total. The van der Waals surface area contributed by atoms with E-state index in [0.29, 0.717) is 34.8 Å². The second-order valence-electron chi connectivity index (χ2n) is 9.21. The van der Waals surface area contributed by atoms with Crippen LogP contribution in [0.15, 0.2) is 12.1 Å². The Morgan fingerprint density at radius 1 is 0.897 bits per heavy atom. The fraction of sp³-hybridized carbons (Fsp3) is 0.739. The van der Waals surface area contributed by atoms with Crippen molar-refractivity contribution in [2.75, 3.05) is 27.1 Å². The zero-order valence-electron chi connectivity index (χ0n) is 18.9. The van der Waals surface area contributed by atoms with E-state index in [1.54, 1.807) is 42.1 Å². The minimum atomic E-state index is -3.02. The first-order valence-corrected chi connectivity index (χ1v) is 12.3. The zero-order chi connectivity index (χ0) is 21.7. The topological polar surface area (TPSA) is 61.8 Å². The molecule has 6 heteroatoms. The molecule has 0 bridgehead atoms. The molecule has 0 unspecified atom stereocenters. The van der Waals surface area contributed by atoms with Crippen molar-refractivity contribution in [3.63, 3.8) is 0 Å². The minimum absolute atomic E-state index is 0.325. The third-order valence-corrected chi connectivity index (χ3v) is 8.93. The van der Waals surface area contributed by atoms with Gasteiger partial charge in [-0.2, -0.15) is 0 Å². The summed E-state index contributed by atoms with van der Waals surface area (Å²) in [4.78, 5) is 0. The van der Waals surface area contributed by atoms with Crippen LogP contribution in [-0.4, -0.2) is 40.2 Å². The number of benzene rings is 1. The summed E-state index contributed by atoms with van der Waals surface area (Å²) in [6, 6.07) is 4.05. The summed E-state index contributed by atoms with van der Waals surface area (Å²) in [7, 11) is 1.87. The quantitative estimate of drug-likeness (QED) is 0.553. The summed E-state index contributed by atoms with van der Waals surface area (Å²) < 4.78 is 40.5. The highest BCUT2D eigenvalue weighted by molar-refractivity contribution is 7.92. The van der Waals surface area contributed by atoms with E-state index in [4.69, 9.17) is 14.2 Å². The van der Waals surface area contributed by atoms with Gasteiger partial charge in [-0.3, -0.25) is 0 Å². The van der Waals surface area contributed by atoms with Crippen molar-refractivity contribution < 1.29 is 22.6 Å². The second kappa shape index (κ2) is 10.1. The lowest BCUT2D eigenvalue weighted by atomic mass is 9.80. The predicted octanol–water partition coefficient (Wildman–Crippen LogP) is 5.05. The van der Waals surface area contributed by atoms with Crippen LogP contribution in [0, 0.1) is 11.8 Å². The van der Waals surface area contributed by atoms with E-state index < -0.39 is 14.6 Å². The van der Waals surface area contributed by atoms with Crippen molar-refractivity contribution in [2.45, 2.75) is 70.5 Å². The Kier molecular flexibility index (Phi) is 8.27. The van der Waals surface area contributed by atoms with Crippen molar-refractivity contribution in [3.8, 4) is 17.2 Å². The Bertz CT molecular complexity index is 731. The molecule has 1 aliphatic carbocycles. The van der Waals surface area contributed by atoms with E-state index in [1.165, 1.54) is 12.0 Å². The standard InChI is InChI=1S/C23H38O5S/c1-23(2,3)29(24,25)16-18-12-10-17(11-13-18)8-7-9-19-14-20(26-4)22(28-6)21(15-19)27-5/h14-15,17-18H,7-13,16H2,1-6H3. The summed E-state index contributed by atoms with van der Waals surface area (Å²) >= 11 is 0. The van der Waals surface area contributed by atoms with Gasteiger partial charge in [0.25, 0.3) is 0 Å². The summed E-state index contributed by atoms with van der Waals surface area (Å²) in [5.41, 5.74) is 1.18. The van der Waals surface area contributed by atoms with Crippen molar-refractivity contribution >= 4 is 9.84 Å². The highest BCUT2D eigenvalue weighted by Gasteiger charge is 2.33. The number of sulfone groups is 1. The van der Waals surface area contributed by atoms with Crippen LogP contribution in [0.2, 0.25) is 0 Å². The van der Waals surface area contributed by atoms with Crippen molar-refractivity contribution in [2.24, 2.45) is 11.8 Å². The zero-order valence-corrected chi connectivity index (χ0v) is 19.7. The third-order valence-electron chi connectivity index (χ3n) is 6.16. The summed E-state index contributed by atoms with van der Waals surface area (Å²) in [5.74, 6) is 3.39. The van der Waals surface area contributed by atoms with Crippen LogP contribution >= 0.6 is 0 Å². The molecule has 1 aliphatic rings. The smallest absolute Gasteiger partial charge is 0.203 e. The molecule has 29 heavy (non-hydrogen) atoms. The molecular formula is C23H38O5S. The molecule has 1 aromatic rings. The Balaban J connectivity index is 1.83. The van der Waals surface area contributed by atoms with Crippen LogP contribution < -0.4 is 14.2 Å². The first-order chi connectivity index (χ1) is 13.6. The molecule has 0 heterocycles. The van der Waals surface area contributed by atoms with Gasteiger partial charge < -0.3 is 14.2 Å². The van der Waals surface area contributed by atoms with Gasteiger partial charge >= 0.3 is 0 Å². The second-order valence-corrected chi connectivity index (χ2v) is 12.0. The molecule has 0 radical (unpaired) electrons. The summed E-state index contributed by atoms with van der Waals surface area (Å²) in [6.45, 7) is 5.41. The third kappa shape index (κ3) is 6.27. The lowest BCUT2D eigenvalue weighted by Gasteiger charge is -2.30. The van der Waals surface area contributed by atoms with Gasteiger partial charge in [-0.05, 0) is 76.0 Å². The van der Waals surface area contributed by atoms with E-state index in [0.717, 1.165) is 38.5 Å². The van der Waals surface area contributed by atoms with E-state index in [9.17, 15) is 8.42 Å². The molecule has 1 fully saturated rings. The lowest BCUT2D eigenvalue weighted by molar-refractivity contribution is 0.274. The Hall–Kier alpha value is -1.43. The normalized spacial score (nSPS) is 20.3. The molecule has 0 aliphatic heterocycles. The highest BCUT2D eigenvalue weighted by Crippen LogP contribution is 2.39. The van der Waals surface area contributed by atoms with Crippen LogP contribution in [0.1, 0.15) is 64.9 Å². The molecule has 1 aromatic carbocycles. The van der Waals surface area contributed by atoms with E-state index in [-0.39, 0.29) is 0 Å². The van der Waals surface area contributed by atoms with Crippen LogP contribution in [0.3, 0.4) is 0 Å². The molecule has 166 valence electrons. The average Bonchev–Trinajstić information content (AvgIpc) is 2.67. The predicted molar refractivity (Wildman–Crippen MR) is 118 cm³/mol. The van der Waals surface area contributed by atoms with Gasteiger partial charge in [0, 0.05) is 0 Å². The van der Waals surface area contributed by atoms with Crippen LogP contribution in [0.5, 0.6) is 17.2 Å². The molecule has 0 amide bonds. The highest BCUT2D eigenvalue weighted by atomic mass is 32.2. The molecular weight excluding hydrogens is 388 g/mol. The van der Waals surface area contributed by atoms with E-state index >= 15 is 0 Å². The molecule has 0 spiro atoms. The summed E-state index contributed by atoms with van der Waals surface area (Å²) in [6.07, 6.45) is 7.59. The molecule has 1 saturated carbocycles. The molecule has 0 N–H and O–H groups in total. The van der Waals surface area contributed by atoms with Crippen molar-refractivity contribution in [1.29, 1.82) is 0 Å². The van der Waals surface area contributed by atoms with Gasteiger partial charge in [0.05, 0.1) is 31.8 Å². The molecule has 0 saturated heterocycles. The molecule has 0 aromatic heterocycles. The van der Waals surface area contributed by atoms with E-state index in [1.807, 2.05) is 12.1 Å². The largest absolute Gasteiger partial charge is 0.493 e. The fourth-order valence-electron chi connectivity index (χ4n) is 4.12. The van der Waals surface area contributed by atoms with Gasteiger partial charge in [0.15, 0.2) is 21.3 Å². The maximum absolute atomic E-state index is 12.5. The number of hydrogen-bond donors (Lipinski definition) is 0. The molecule has 2 rings (SSSR count). The SMILES string of the molecule is COc1cc(CCCC2CCC(CS(=O)(=O)C(C)(C)C)CC2)cc(OC)c1OC. The number of hydrogen-bond acceptors (Lipinski definition) is 5. The first-order valence-electron chi connectivity index (χ1n) is 10.6. The first kappa shape index (κ1) is 23.8. The van der Waals surface area contributed by atoms with Crippen LogP contribution in [0.4, 0.5) is 0 Å². The lowest BCUT2D eigenvalue weighted by Crippen LogP contribution is -2.34. The summed E-state index contributed by atoms with van der Waals surface area (Å²) in [5, 5.41) is 0. The Labute approximate surface area is 177 Å². The van der Waals surface area contributed by atoms with E-state index in [2.05, 4.69) is 0 Å². The van der Waals surface area contributed by atoms with Crippen molar-refractivity contribution in [1.82, 2.24) is 0 Å². The monoisotopic (exact) mass is 426 g/mol. The maximum Gasteiger partial charge on any atom is 0.203 e. The van der Waals surface area contributed by atoms with Gasteiger partial charge in [-0.15, -0.1) is 0 Å². The number of rotatable bonds is 9. The maximum atomic E-state index is 12.5. The van der Waals surface area contributed by atoms with Gasteiger partial charge in [0.2, 0.25) is 5.75 Å². The average molecular weight is 427 g/mol. The molecule has 0 atom stereocenters.